The van der Waals surface area contributed by atoms with Crippen LogP contribution < -0.4 is 5.32 Å². The summed E-state index contributed by atoms with van der Waals surface area (Å²) in [4.78, 5) is 0. The van der Waals surface area contributed by atoms with Crippen LogP contribution in [-0.4, -0.2) is 6.54 Å². The maximum atomic E-state index is 3.43. The van der Waals surface area contributed by atoms with E-state index in [9.17, 15) is 0 Å². The van der Waals surface area contributed by atoms with Gasteiger partial charge in [0.1, 0.15) is 0 Å². The molecule has 88 valence electrons. The first-order valence-corrected chi connectivity index (χ1v) is 6.35. The highest BCUT2D eigenvalue weighted by Crippen LogP contribution is 2.26. The van der Waals surface area contributed by atoms with Crippen molar-refractivity contribution < 1.29 is 0 Å². The zero-order valence-corrected chi connectivity index (χ0v) is 10.7. The normalized spacial score (nSPS) is 11.6. The Morgan fingerprint density at radius 3 is 2.56 bits per heavy atom. The molecule has 0 heterocycles. The zero-order valence-electron chi connectivity index (χ0n) is 10.7. The molecule has 0 saturated heterocycles. The molecule has 1 rings (SSSR count). The van der Waals surface area contributed by atoms with E-state index >= 15 is 0 Å². The summed E-state index contributed by atoms with van der Waals surface area (Å²) < 4.78 is 0. The van der Waals surface area contributed by atoms with E-state index in [1.807, 2.05) is 0 Å². The Morgan fingerprint density at radius 1 is 1.19 bits per heavy atom. The number of hydrogen-bond donors (Lipinski definition) is 1. The van der Waals surface area contributed by atoms with Gasteiger partial charge in [0.05, 0.1) is 0 Å². The molecule has 0 fully saturated rings. The third-order valence-corrected chi connectivity index (χ3v) is 2.70. The molecule has 0 aliphatic rings. The summed E-state index contributed by atoms with van der Waals surface area (Å²) in [7, 11) is 0. The highest BCUT2D eigenvalue weighted by Gasteiger charge is 2.04. The molecule has 0 unspecified atom stereocenters. The first-order chi connectivity index (χ1) is 7.83. The first kappa shape index (κ1) is 12.8. The highest BCUT2D eigenvalue weighted by molar-refractivity contribution is 5.76. The molecule has 16 heavy (non-hydrogen) atoms. The van der Waals surface area contributed by atoms with Crippen LogP contribution in [-0.2, 0) is 0 Å². The Morgan fingerprint density at radius 2 is 1.94 bits per heavy atom. The SMILES string of the molecule is CCC/C=C(/CC)c1ccccc1NCC. The van der Waals surface area contributed by atoms with Crippen LogP contribution in [0.4, 0.5) is 5.69 Å². The minimum absolute atomic E-state index is 0.974. The number of para-hydroxylation sites is 1. The van der Waals surface area contributed by atoms with E-state index in [-0.39, 0.29) is 0 Å². The van der Waals surface area contributed by atoms with Crippen molar-refractivity contribution in [1.29, 1.82) is 0 Å². The van der Waals surface area contributed by atoms with Crippen LogP contribution in [0.3, 0.4) is 0 Å². The van der Waals surface area contributed by atoms with E-state index in [1.165, 1.54) is 29.7 Å². The van der Waals surface area contributed by atoms with Crippen LogP contribution in [0.2, 0.25) is 0 Å². The second-order valence-electron chi connectivity index (χ2n) is 3.95. The molecule has 1 nitrogen and oxygen atoms in total. The van der Waals surface area contributed by atoms with E-state index in [0.717, 1.165) is 13.0 Å². The van der Waals surface area contributed by atoms with Crippen LogP contribution >= 0.6 is 0 Å². The van der Waals surface area contributed by atoms with Gasteiger partial charge in [-0.05, 0) is 31.4 Å². The minimum atomic E-state index is 0.974. The van der Waals surface area contributed by atoms with Gasteiger partial charge in [-0.3, -0.25) is 0 Å². The summed E-state index contributed by atoms with van der Waals surface area (Å²) in [5, 5.41) is 3.43. The zero-order chi connectivity index (χ0) is 11.8. The van der Waals surface area contributed by atoms with E-state index < -0.39 is 0 Å². The highest BCUT2D eigenvalue weighted by atomic mass is 14.9. The lowest BCUT2D eigenvalue weighted by atomic mass is 10.00. The van der Waals surface area contributed by atoms with Crippen LogP contribution in [0.15, 0.2) is 30.3 Å². The molecule has 0 spiro atoms. The van der Waals surface area contributed by atoms with Gasteiger partial charge >= 0.3 is 0 Å². The van der Waals surface area contributed by atoms with E-state index in [4.69, 9.17) is 0 Å². The molecule has 1 heteroatoms. The number of benzene rings is 1. The number of unbranched alkanes of at least 4 members (excludes halogenated alkanes) is 1. The Bertz CT molecular complexity index is 339. The van der Waals surface area contributed by atoms with E-state index in [1.54, 1.807) is 0 Å². The first-order valence-electron chi connectivity index (χ1n) is 6.35. The van der Waals surface area contributed by atoms with Gasteiger partial charge in [-0.1, -0.05) is 44.5 Å². The van der Waals surface area contributed by atoms with Crippen LogP contribution in [0.5, 0.6) is 0 Å². The number of nitrogens with one attached hydrogen (secondary N) is 1. The van der Waals surface area contributed by atoms with Gasteiger partial charge in [-0.15, -0.1) is 0 Å². The van der Waals surface area contributed by atoms with Crippen molar-refractivity contribution in [3.63, 3.8) is 0 Å². The predicted molar refractivity (Wildman–Crippen MR) is 73.8 cm³/mol. The van der Waals surface area contributed by atoms with Crippen molar-refractivity contribution in [2.24, 2.45) is 0 Å². The summed E-state index contributed by atoms with van der Waals surface area (Å²) in [5.74, 6) is 0. The molecule has 0 radical (unpaired) electrons. The minimum Gasteiger partial charge on any atom is -0.385 e. The van der Waals surface area contributed by atoms with Crippen molar-refractivity contribution in [1.82, 2.24) is 0 Å². The second kappa shape index (κ2) is 7.10. The summed E-state index contributed by atoms with van der Waals surface area (Å²) >= 11 is 0. The molecule has 0 aromatic heterocycles. The number of rotatable bonds is 6. The van der Waals surface area contributed by atoms with E-state index in [0.29, 0.717) is 0 Å². The van der Waals surface area contributed by atoms with Crippen molar-refractivity contribution in [3.05, 3.63) is 35.9 Å². The van der Waals surface area contributed by atoms with Gasteiger partial charge in [0.25, 0.3) is 0 Å². The third kappa shape index (κ3) is 3.41. The third-order valence-electron chi connectivity index (χ3n) is 2.70. The number of allylic oxidation sites excluding steroid dienone is 2. The van der Waals surface area contributed by atoms with Crippen molar-refractivity contribution >= 4 is 11.3 Å². The van der Waals surface area contributed by atoms with E-state index in [2.05, 4.69) is 56.4 Å². The molecule has 0 atom stereocenters. The second-order valence-corrected chi connectivity index (χ2v) is 3.95. The van der Waals surface area contributed by atoms with Gasteiger partial charge in [0.15, 0.2) is 0 Å². The fourth-order valence-corrected chi connectivity index (χ4v) is 1.87. The molecule has 1 aromatic carbocycles. The molecule has 0 aliphatic heterocycles. The van der Waals surface area contributed by atoms with Crippen LogP contribution in [0.1, 0.15) is 45.6 Å². The molecule has 0 amide bonds. The fourth-order valence-electron chi connectivity index (χ4n) is 1.87. The largest absolute Gasteiger partial charge is 0.385 e. The van der Waals surface area contributed by atoms with Gasteiger partial charge in [-0.2, -0.15) is 0 Å². The van der Waals surface area contributed by atoms with Gasteiger partial charge < -0.3 is 5.32 Å². The topological polar surface area (TPSA) is 12.0 Å². The number of anilines is 1. The maximum absolute atomic E-state index is 3.43. The molecular formula is C15H23N. The average molecular weight is 217 g/mol. The molecule has 0 aliphatic carbocycles. The Kier molecular flexibility index (Phi) is 5.69. The number of hydrogen-bond acceptors (Lipinski definition) is 1. The summed E-state index contributed by atoms with van der Waals surface area (Å²) in [6.45, 7) is 7.56. The van der Waals surface area contributed by atoms with Gasteiger partial charge in [-0.25, -0.2) is 0 Å². The summed E-state index contributed by atoms with van der Waals surface area (Å²) in [5.41, 5.74) is 4.08. The monoisotopic (exact) mass is 217 g/mol. The molecule has 1 aromatic rings. The maximum Gasteiger partial charge on any atom is 0.0416 e. The molecule has 0 saturated carbocycles. The average Bonchev–Trinajstić information content (AvgIpc) is 2.32. The quantitative estimate of drug-likeness (QED) is 0.727. The lowest BCUT2D eigenvalue weighted by Gasteiger charge is -2.12. The summed E-state index contributed by atoms with van der Waals surface area (Å²) in [6, 6.07) is 8.58. The molecule has 0 bridgehead atoms. The lowest BCUT2D eigenvalue weighted by molar-refractivity contribution is 0.955. The predicted octanol–water partition coefficient (Wildman–Crippen LogP) is 4.71. The van der Waals surface area contributed by atoms with Crippen LogP contribution in [0, 0.1) is 0 Å². The molecule has 1 N–H and O–H groups in total. The summed E-state index contributed by atoms with van der Waals surface area (Å²) in [6.07, 6.45) is 5.86. The van der Waals surface area contributed by atoms with Gasteiger partial charge in [0, 0.05) is 17.8 Å². The standard InChI is InChI=1S/C15H23N/c1-4-7-10-13(5-2)14-11-8-9-12-15(14)16-6-3/h8-12,16H,4-7H2,1-3H3/b13-10-. The lowest BCUT2D eigenvalue weighted by Crippen LogP contribution is -2.00. The smallest absolute Gasteiger partial charge is 0.0416 e. The molecular weight excluding hydrogens is 194 g/mol. The fraction of sp³-hybridized carbons (Fsp3) is 0.467. The van der Waals surface area contributed by atoms with Crippen molar-refractivity contribution in [3.8, 4) is 0 Å². The van der Waals surface area contributed by atoms with Crippen molar-refractivity contribution in [2.75, 3.05) is 11.9 Å². The Labute approximate surface area is 99.6 Å². The van der Waals surface area contributed by atoms with Crippen molar-refractivity contribution in [2.45, 2.75) is 40.0 Å². The Balaban J connectivity index is 2.99. The Hall–Kier alpha value is -1.24. The van der Waals surface area contributed by atoms with Gasteiger partial charge in [0.2, 0.25) is 0 Å². The van der Waals surface area contributed by atoms with Crippen LogP contribution in [0.25, 0.3) is 5.57 Å².